The molecule has 0 aliphatic carbocycles. The van der Waals surface area contributed by atoms with E-state index in [9.17, 15) is 9.18 Å². The third-order valence-corrected chi connectivity index (χ3v) is 4.47. The van der Waals surface area contributed by atoms with Gasteiger partial charge in [0.15, 0.2) is 5.17 Å². The van der Waals surface area contributed by atoms with Crippen LogP contribution in [-0.4, -0.2) is 28.0 Å². The summed E-state index contributed by atoms with van der Waals surface area (Å²) in [6.45, 7) is 0. The number of likely N-dealkylation sites (N-methyl/N-ethyl adjacent to an activating group) is 1. The number of aromatic nitrogens is 1. The van der Waals surface area contributed by atoms with Crippen LogP contribution in [0.4, 0.5) is 10.1 Å². The van der Waals surface area contributed by atoms with E-state index in [2.05, 4.69) is 9.98 Å². The third-order valence-electron chi connectivity index (χ3n) is 3.12. The van der Waals surface area contributed by atoms with E-state index in [0.717, 1.165) is 0 Å². The van der Waals surface area contributed by atoms with Gasteiger partial charge in [-0.2, -0.15) is 0 Å². The molecule has 1 aromatic carbocycles. The van der Waals surface area contributed by atoms with Gasteiger partial charge in [0.05, 0.1) is 15.6 Å². The number of benzene rings is 1. The lowest BCUT2D eigenvalue weighted by Gasteiger charge is -2.07. The summed E-state index contributed by atoms with van der Waals surface area (Å²) in [6, 6.07) is 7.73. The van der Waals surface area contributed by atoms with Crippen molar-refractivity contribution in [3.63, 3.8) is 0 Å². The minimum Gasteiger partial charge on any atom is -0.290 e. The average molecular weight is 348 g/mol. The van der Waals surface area contributed by atoms with Gasteiger partial charge in [0.1, 0.15) is 5.82 Å². The van der Waals surface area contributed by atoms with Gasteiger partial charge >= 0.3 is 0 Å². The van der Waals surface area contributed by atoms with Crippen molar-refractivity contribution in [2.24, 2.45) is 4.99 Å². The molecule has 23 heavy (non-hydrogen) atoms. The Balaban J connectivity index is 1.93. The maximum absolute atomic E-state index is 13.2. The van der Waals surface area contributed by atoms with Crippen molar-refractivity contribution < 1.29 is 9.18 Å². The maximum Gasteiger partial charge on any atom is 0.266 e. The molecule has 2 aromatic rings. The molecule has 1 amide bonds. The van der Waals surface area contributed by atoms with Gasteiger partial charge in [0.2, 0.25) is 0 Å². The van der Waals surface area contributed by atoms with Gasteiger partial charge in [-0.1, -0.05) is 23.7 Å². The van der Waals surface area contributed by atoms with Crippen LogP contribution in [0.2, 0.25) is 5.02 Å². The number of aliphatic imine (C=N–C) groups is 1. The highest BCUT2D eigenvalue weighted by molar-refractivity contribution is 8.18. The van der Waals surface area contributed by atoms with Crippen LogP contribution in [0.3, 0.4) is 0 Å². The number of halogens is 2. The molecule has 0 bridgehead atoms. The van der Waals surface area contributed by atoms with Crippen LogP contribution in [0.15, 0.2) is 52.6 Å². The molecular weight excluding hydrogens is 337 g/mol. The van der Waals surface area contributed by atoms with E-state index in [-0.39, 0.29) is 11.7 Å². The number of carbonyl (C=O) groups excluding carboxylic acids is 1. The molecule has 0 radical (unpaired) electrons. The van der Waals surface area contributed by atoms with Crippen LogP contribution in [0, 0.1) is 5.82 Å². The van der Waals surface area contributed by atoms with E-state index in [4.69, 9.17) is 11.6 Å². The molecule has 0 N–H and O–H groups in total. The first-order valence-corrected chi connectivity index (χ1v) is 7.85. The van der Waals surface area contributed by atoms with E-state index in [0.29, 0.717) is 26.3 Å². The van der Waals surface area contributed by atoms with E-state index >= 15 is 0 Å². The predicted molar refractivity (Wildman–Crippen MR) is 91.1 cm³/mol. The highest BCUT2D eigenvalue weighted by Gasteiger charge is 2.30. The van der Waals surface area contributed by atoms with Gasteiger partial charge in [0.25, 0.3) is 5.91 Å². The molecule has 0 saturated carbocycles. The number of nitrogens with zero attached hydrogens (tertiary/aromatic N) is 3. The number of hydrogen-bond acceptors (Lipinski definition) is 4. The molecule has 1 aromatic heterocycles. The highest BCUT2D eigenvalue weighted by atomic mass is 35.5. The lowest BCUT2D eigenvalue weighted by molar-refractivity contribution is -0.121. The molecule has 0 spiro atoms. The Morgan fingerprint density at radius 3 is 2.96 bits per heavy atom. The molecule has 1 aliphatic heterocycles. The Labute approximate surface area is 141 Å². The number of hydrogen-bond donors (Lipinski definition) is 0. The quantitative estimate of drug-likeness (QED) is 0.768. The molecule has 1 saturated heterocycles. The molecule has 0 unspecified atom stereocenters. The van der Waals surface area contributed by atoms with Crippen molar-refractivity contribution in [1.29, 1.82) is 0 Å². The van der Waals surface area contributed by atoms with Crippen molar-refractivity contribution in [1.82, 2.24) is 9.88 Å². The molecule has 7 heteroatoms. The number of thioether (sulfide) groups is 1. The summed E-state index contributed by atoms with van der Waals surface area (Å²) in [7, 11) is 1.63. The number of amides is 1. The first kappa shape index (κ1) is 15.7. The fourth-order valence-electron chi connectivity index (χ4n) is 1.96. The SMILES string of the molecule is CN1C(=O)/C(=C/c2cccc(F)c2)SC1=Nc1ccncc1Cl. The van der Waals surface area contributed by atoms with Crippen molar-refractivity contribution in [3.8, 4) is 0 Å². The molecular formula is C16H11ClFN3OS. The summed E-state index contributed by atoms with van der Waals surface area (Å²) in [6.07, 6.45) is 4.71. The van der Waals surface area contributed by atoms with Gasteiger partial charge in [-0.3, -0.25) is 14.7 Å². The van der Waals surface area contributed by atoms with Crippen molar-refractivity contribution in [2.75, 3.05) is 7.05 Å². The monoisotopic (exact) mass is 347 g/mol. The number of rotatable bonds is 2. The molecule has 1 fully saturated rings. The van der Waals surface area contributed by atoms with Crippen molar-refractivity contribution >= 4 is 46.2 Å². The topological polar surface area (TPSA) is 45.6 Å². The number of carbonyl (C=O) groups is 1. The van der Waals surface area contributed by atoms with Crippen LogP contribution in [-0.2, 0) is 4.79 Å². The third kappa shape index (κ3) is 3.43. The van der Waals surface area contributed by atoms with Crippen molar-refractivity contribution in [3.05, 3.63) is 64.0 Å². The number of amidine groups is 1. The standard InChI is InChI=1S/C16H11ClFN3OS/c1-21-15(22)14(8-10-3-2-4-11(18)7-10)23-16(21)20-13-5-6-19-9-12(13)17/h2-9H,1H3/b14-8-,20-16?. The molecule has 2 heterocycles. The highest BCUT2D eigenvalue weighted by Crippen LogP contribution is 2.34. The van der Waals surface area contributed by atoms with E-state index in [1.54, 1.807) is 37.5 Å². The Hall–Kier alpha value is -2.18. The molecule has 116 valence electrons. The van der Waals surface area contributed by atoms with E-state index < -0.39 is 0 Å². The Bertz CT molecular complexity index is 838. The maximum atomic E-state index is 13.2. The molecule has 3 rings (SSSR count). The zero-order valence-electron chi connectivity index (χ0n) is 12.0. The van der Waals surface area contributed by atoms with Crippen LogP contribution in [0.25, 0.3) is 6.08 Å². The minimum absolute atomic E-state index is 0.191. The van der Waals surface area contributed by atoms with Gasteiger partial charge in [-0.25, -0.2) is 9.38 Å². The second kappa shape index (κ2) is 6.52. The first-order valence-electron chi connectivity index (χ1n) is 6.66. The molecule has 0 atom stereocenters. The van der Waals surface area contributed by atoms with E-state index in [1.807, 2.05) is 0 Å². The zero-order valence-corrected chi connectivity index (χ0v) is 13.6. The second-order valence-electron chi connectivity index (χ2n) is 4.75. The zero-order chi connectivity index (χ0) is 16.4. The minimum atomic E-state index is -0.347. The van der Waals surface area contributed by atoms with Gasteiger partial charge < -0.3 is 0 Å². The molecule has 1 aliphatic rings. The van der Waals surface area contributed by atoms with Gasteiger partial charge in [-0.05, 0) is 41.6 Å². The summed E-state index contributed by atoms with van der Waals surface area (Å²) >= 11 is 7.25. The number of pyridine rings is 1. The van der Waals surface area contributed by atoms with Gasteiger partial charge in [-0.15, -0.1) is 0 Å². The Morgan fingerprint density at radius 2 is 2.22 bits per heavy atom. The Kier molecular flexibility index (Phi) is 4.45. The van der Waals surface area contributed by atoms with Crippen LogP contribution in [0.1, 0.15) is 5.56 Å². The smallest absolute Gasteiger partial charge is 0.266 e. The normalized spacial score (nSPS) is 18.2. The fraction of sp³-hybridized carbons (Fsp3) is 0.0625. The van der Waals surface area contributed by atoms with Crippen molar-refractivity contribution in [2.45, 2.75) is 0 Å². The van der Waals surface area contributed by atoms with Crippen LogP contribution in [0.5, 0.6) is 0 Å². The average Bonchev–Trinajstić information content (AvgIpc) is 2.78. The Morgan fingerprint density at radius 1 is 1.39 bits per heavy atom. The first-order chi connectivity index (χ1) is 11.0. The lowest BCUT2D eigenvalue weighted by Crippen LogP contribution is -2.23. The fourth-order valence-corrected chi connectivity index (χ4v) is 3.10. The van der Waals surface area contributed by atoms with E-state index in [1.165, 1.54) is 35.0 Å². The summed E-state index contributed by atoms with van der Waals surface area (Å²) in [5, 5.41) is 0.912. The van der Waals surface area contributed by atoms with Crippen LogP contribution >= 0.6 is 23.4 Å². The summed E-state index contributed by atoms with van der Waals surface area (Å²) < 4.78 is 13.2. The van der Waals surface area contributed by atoms with Gasteiger partial charge in [0, 0.05) is 19.4 Å². The predicted octanol–water partition coefficient (Wildman–Crippen LogP) is 4.11. The summed E-state index contributed by atoms with van der Waals surface area (Å²) in [5.41, 5.74) is 1.16. The second-order valence-corrected chi connectivity index (χ2v) is 6.17. The van der Waals surface area contributed by atoms with Crippen LogP contribution < -0.4 is 0 Å². The summed E-state index contributed by atoms with van der Waals surface area (Å²) in [4.78, 5) is 22.5. The lowest BCUT2D eigenvalue weighted by atomic mass is 10.2. The summed E-state index contributed by atoms with van der Waals surface area (Å²) in [5.74, 6) is -0.538. The largest absolute Gasteiger partial charge is 0.290 e. The molecule has 4 nitrogen and oxygen atoms in total.